The standard InChI is InChI=1S/C18H17Cl3N2O5S/c1-10(17(24)22-16-8-11(19)4-6-15(16)21)28-18(25)13-9-12(5-7-14(13)20)29(26,27)23(2)3/h4-10H,1-3H3,(H,22,24)/t10-/m1/s1. The molecule has 0 bridgehead atoms. The Morgan fingerprint density at radius 3 is 2.28 bits per heavy atom. The van der Waals surface area contributed by atoms with E-state index in [0.29, 0.717) is 5.02 Å². The molecule has 2 aromatic rings. The smallest absolute Gasteiger partial charge is 0.340 e. The zero-order chi connectivity index (χ0) is 21.9. The third kappa shape index (κ3) is 5.61. The van der Waals surface area contributed by atoms with Crippen molar-refractivity contribution in [3.63, 3.8) is 0 Å². The van der Waals surface area contributed by atoms with Crippen molar-refractivity contribution in [1.82, 2.24) is 4.31 Å². The number of hydrogen-bond donors (Lipinski definition) is 1. The average molecular weight is 480 g/mol. The topological polar surface area (TPSA) is 92.8 Å². The number of rotatable bonds is 6. The number of esters is 1. The lowest BCUT2D eigenvalue weighted by Crippen LogP contribution is -2.30. The molecule has 0 unspecified atom stereocenters. The van der Waals surface area contributed by atoms with Crippen molar-refractivity contribution in [2.75, 3.05) is 19.4 Å². The van der Waals surface area contributed by atoms with Gasteiger partial charge in [-0.05, 0) is 43.3 Å². The largest absolute Gasteiger partial charge is 0.449 e. The van der Waals surface area contributed by atoms with Crippen LogP contribution in [0.5, 0.6) is 0 Å². The van der Waals surface area contributed by atoms with Crippen LogP contribution in [0.25, 0.3) is 0 Å². The summed E-state index contributed by atoms with van der Waals surface area (Å²) < 4.78 is 30.6. The molecule has 0 aliphatic rings. The number of hydrogen-bond acceptors (Lipinski definition) is 5. The highest BCUT2D eigenvalue weighted by molar-refractivity contribution is 7.89. The van der Waals surface area contributed by atoms with Crippen LogP contribution >= 0.6 is 34.8 Å². The van der Waals surface area contributed by atoms with Gasteiger partial charge in [0.05, 0.1) is 26.2 Å². The number of benzene rings is 2. The molecule has 0 spiro atoms. The minimum absolute atomic E-state index is 0.0156. The normalized spacial score (nSPS) is 12.5. The van der Waals surface area contributed by atoms with Gasteiger partial charge in [-0.3, -0.25) is 4.79 Å². The molecule has 1 N–H and O–H groups in total. The Morgan fingerprint density at radius 1 is 1.03 bits per heavy atom. The highest BCUT2D eigenvalue weighted by Gasteiger charge is 2.24. The molecule has 11 heteroatoms. The van der Waals surface area contributed by atoms with Crippen molar-refractivity contribution in [1.29, 1.82) is 0 Å². The van der Waals surface area contributed by atoms with Crippen molar-refractivity contribution >= 4 is 62.4 Å². The lowest BCUT2D eigenvalue weighted by molar-refractivity contribution is -0.123. The number of ether oxygens (including phenoxy) is 1. The van der Waals surface area contributed by atoms with Crippen LogP contribution in [0.15, 0.2) is 41.3 Å². The Bertz CT molecular complexity index is 1060. The second-order valence-corrected chi connectivity index (χ2v) is 9.49. The fourth-order valence-electron chi connectivity index (χ4n) is 2.14. The maximum atomic E-state index is 12.5. The van der Waals surface area contributed by atoms with Gasteiger partial charge in [0.1, 0.15) is 0 Å². The van der Waals surface area contributed by atoms with E-state index in [1.165, 1.54) is 45.3 Å². The van der Waals surface area contributed by atoms with E-state index in [1.807, 2.05) is 0 Å². The summed E-state index contributed by atoms with van der Waals surface area (Å²) in [5.41, 5.74) is 0.0687. The van der Waals surface area contributed by atoms with E-state index in [0.717, 1.165) is 10.4 Å². The molecule has 7 nitrogen and oxygen atoms in total. The lowest BCUT2D eigenvalue weighted by atomic mass is 10.2. The highest BCUT2D eigenvalue weighted by Crippen LogP contribution is 2.26. The zero-order valence-electron chi connectivity index (χ0n) is 15.6. The summed E-state index contributed by atoms with van der Waals surface area (Å²) in [5, 5.41) is 3.11. The van der Waals surface area contributed by atoms with Crippen LogP contribution in [0.4, 0.5) is 5.69 Å². The van der Waals surface area contributed by atoms with Gasteiger partial charge in [0.2, 0.25) is 10.0 Å². The summed E-state index contributed by atoms with van der Waals surface area (Å²) in [4.78, 5) is 24.6. The second-order valence-electron chi connectivity index (χ2n) is 6.09. The molecule has 1 atom stereocenters. The van der Waals surface area contributed by atoms with E-state index in [4.69, 9.17) is 39.5 Å². The molecule has 2 aromatic carbocycles. The van der Waals surface area contributed by atoms with E-state index >= 15 is 0 Å². The summed E-state index contributed by atoms with van der Waals surface area (Å²) in [6.07, 6.45) is -1.22. The van der Waals surface area contributed by atoms with Crippen molar-refractivity contribution in [3.05, 3.63) is 57.0 Å². The molecular weight excluding hydrogens is 463 g/mol. The molecule has 0 saturated heterocycles. The summed E-state index contributed by atoms with van der Waals surface area (Å²) in [6.45, 7) is 1.35. The van der Waals surface area contributed by atoms with E-state index < -0.39 is 28.0 Å². The number of carbonyl (C=O) groups is 2. The summed E-state index contributed by atoms with van der Waals surface area (Å²) >= 11 is 17.9. The van der Waals surface area contributed by atoms with E-state index in [9.17, 15) is 18.0 Å². The Hall–Kier alpha value is -1.84. The van der Waals surface area contributed by atoms with Crippen LogP contribution in [0.1, 0.15) is 17.3 Å². The molecule has 29 heavy (non-hydrogen) atoms. The van der Waals surface area contributed by atoms with Gasteiger partial charge < -0.3 is 10.1 Å². The first-order valence-electron chi connectivity index (χ1n) is 8.12. The van der Waals surface area contributed by atoms with Gasteiger partial charge in [-0.1, -0.05) is 34.8 Å². The Balaban J connectivity index is 2.19. The number of nitrogens with zero attached hydrogens (tertiary/aromatic N) is 1. The first kappa shape index (κ1) is 23.4. The van der Waals surface area contributed by atoms with Crippen LogP contribution in [-0.4, -0.2) is 44.8 Å². The molecule has 0 fully saturated rings. The summed E-state index contributed by atoms with van der Waals surface area (Å²) in [6, 6.07) is 8.14. The number of nitrogens with one attached hydrogen (secondary N) is 1. The fraction of sp³-hybridized carbons (Fsp3) is 0.222. The molecule has 0 radical (unpaired) electrons. The minimum Gasteiger partial charge on any atom is -0.449 e. The number of anilines is 1. The van der Waals surface area contributed by atoms with E-state index in [1.54, 1.807) is 6.07 Å². The number of sulfonamides is 1. The molecule has 0 saturated carbocycles. The molecule has 1 amide bonds. The van der Waals surface area contributed by atoms with Crippen LogP contribution < -0.4 is 5.32 Å². The van der Waals surface area contributed by atoms with Gasteiger partial charge in [-0.2, -0.15) is 0 Å². The fourth-order valence-corrected chi connectivity index (χ4v) is 3.60. The summed E-state index contributed by atoms with van der Waals surface area (Å²) in [7, 11) is -1.07. The third-order valence-corrected chi connectivity index (χ3v) is 6.48. The lowest BCUT2D eigenvalue weighted by Gasteiger charge is -2.16. The van der Waals surface area contributed by atoms with Crippen LogP contribution in [0, 0.1) is 0 Å². The third-order valence-electron chi connectivity index (χ3n) is 3.78. The van der Waals surface area contributed by atoms with Crippen molar-refractivity contribution in [2.45, 2.75) is 17.9 Å². The van der Waals surface area contributed by atoms with Crippen LogP contribution in [0.2, 0.25) is 15.1 Å². The molecule has 156 valence electrons. The minimum atomic E-state index is -3.78. The zero-order valence-corrected chi connectivity index (χ0v) is 18.7. The SMILES string of the molecule is C[C@@H](OC(=O)c1cc(S(=O)(=O)N(C)C)ccc1Cl)C(=O)Nc1cc(Cl)ccc1Cl. The quantitative estimate of drug-likeness (QED) is 0.630. The molecular formula is C18H17Cl3N2O5S. The monoisotopic (exact) mass is 478 g/mol. The second kappa shape index (κ2) is 9.32. The first-order valence-corrected chi connectivity index (χ1v) is 10.7. The van der Waals surface area contributed by atoms with Crippen LogP contribution in [-0.2, 0) is 19.6 Å². The highest BCUT2D eigenvalue weighted by atomic mass is 35.5. The molecule has 2 rings (SSSR count). The first-order chi connectivity index (χ1) is 13.4. The van der Waals surface area contributed by atoms with Gasteiger partial charge in [-0.15, -0.1) is 0 Å². The number of amides is 1. The van der Waals surface area contributed by atoms with Gasteiger partial charge in [-0.25, -0.2) is 17.5 Å². The number of carbonyl (C=O) groups excluding carboxylic acids is 2. The Labute approximate surface area is 183 Å². The Kier molecular flexibility index (Phi) is 7.53. The van der Waals surface area contributed by atoms with Crippen molar-refractivity contribution < 1.29 is 22.7 Å². The van der Waals surface area contributed by atoms with Gasteiger partial charge in [0.25, 0.3) is 5.91 Å². The van der Waals surface area contributed by atoms with Gasteiger partial charge >= 0.3 is 5.97 Å². The number of halogens is 3. The van der Waals surface area contributed by atoms with Crippen molar-refractivity contribution in [3.8, 4) is 0 Å². The summed E-state index contributed by atoms with van der Waals surface area (Å²) in [5.74, 6) is -1.61. The van der Waals surface area contributed by atoms with Gasteiger partial charge in [0, 0.05) is 19.1 Å². The molecule has 0 heterocycles. The molecule has 0 aromatic heterocycles. The molecule has 0 aliphatic heterocycles. The predicted octanol–water partition coefficient (Wildman–Crippen LogP) is 4.08. The Morgan fingerprint density at radius 2 is 1.66 bits per heavy atom. The average Bonchev–Trinajstić information content (AvgIpc) is 2.64. The maximum Gasteiger partial charge on any atom is 0.340 e. The van der Waals surface area contributed by atoms with Crippen molar-refractivity contribution in [2.24, 2.45) is 0 Å². The van der Waals surface area contributed by atoms with Gasteiger partial charge in [0.15, 0.2) is 6.10 Å². The van der Waals surface area contributed by atoms with E-state index in [2.05, 4.69) is 5.32 Å². The predicted molar refractivity (Wildman–Crippen MR) is 112 cm³/mol. The van der Waals surface area contributed by atoms with Crippen LogP contribution in [0.3, 0.4) is 0 Å². The maximum absolute atomic E-state index is 12.5. The van der Waals surface area contributed by atoms with E-state index in [-0.39, 0.29) is 26.2 Å². The molecule has 0 aliphatic carbocycles.